The van der Waals surface area contributed by atoms with E-state index in [0.29, 0.717) is 32.6 Å². The normalized spacial score (nSPS) is 19.0. The SMILES string of the molecule is O=C(NC1CCCC1)N1CCCN(C(=O)c2cc(F)ccc2F)CC1. The molecule has 2 aliphatic rings. The molecule has 0 atom stereocenters. The van der Waals surface area contributed by atoms with Crippen molar-refractivity contribution in [1.82, 2.24) is 15.1 Å². The van der Waals surface area contributed by atoms with E-state index in [9.17, 15) is 18.4 Å². The van der Waals surface area contributed by atoms with Gasteiger partial charge in [-0.1, -0.05) is 12.8 Å². The molecule has 7 heteroatoms. The fraction of sp³-hybridized carbons (Fsp3) is 0.556. The third-order valence-corrected chi connectivity index (χ3v) is 4.91. The quantitative estimate of drug-likeness (QED) is 0.891. The van der Waals surface area contributed by atoms with Crippen LogP contribution in [0.25, 0.3) is 0 Å². The standard InChI is InChI=1S/C18H23F2N3O2/c19-13-6-7-16(20)15(12-13)17(24)22-8-3-9-23(11-10-22)18(25)21-14-4-1-2-5-14/h6-7,12,14H,1-5,8-11H2,(H,21,25). The maximum atomic E-state index is 13.8. The Balaban J connectivity index is 1.60. The van der Waals surface area contributed by atoms with Gasteiger partial charge in [-0.05, 0) is 37.5 Å². The van der Waals surface area contributed by atoms with E-state index in [0.717, 1.165) is 43.9 Å². The smallest absolute Gasteiger partial charge is 0.317 e. The highest BCUT2D eigenvalue weighted by Crippen LogP contribution is 2.18. The first-order valence-electron chi connectivity index (χ1n) is 8.84. The monoisotopic (exact) mass is 351 g/mol. The van der Waals surface area contributed by atoms with Crippen molar-refractivity contribution < 1.29 is 18.4 Å². The molecule has 5 nitrogen and oxygen atoms in total. The summed E-state index contributed by atoms with van der Waals surface area (Å²) in [6.07, 6.45) is 4.94. The maximum Gasteiger partial charge on any atom is 0.317 e. The number of carbonyl (C=O) groups excluding carboxylic acids is 2. The molecule has 1 saturated carbocycles. The summed E-state index contributed by atoms with van der Waals surface area (Å²) < 4.78 is 27.1. The molecule has 136 valence electrons. The number of hydrogen-bond acceptors (Lipinski definition) is 2. The van der Waals surface area contributed by atoms with E-state index in [1.54, 1.807) is 4.90 Å². The van der Waals surface area contributed by atoms with Gasteiger partial charge < -0.3 is 15.1 Å². The minimum atomic E-state index is -0.730. The summed E-state index contributed by atoms with van der Waals surface area (Å²) in [6.45, 7) is 1.67. The third kappa shape index (κ3) is 4.27. The van der Waals surface area contributed by atoms with Gasteiger partial charge in [0.1, 0.15) is 11.6 Å². The first-order valence-corrected chi connectivity index (χ1v) is 8.84. The van der Waals surface area contributed by atoms with E-state index in [4.69, 9.17) is 0 Å². The van der Waals surface area contributed by atoms with Crippen molar-refractivity contribution in [3.8, 4) is 0 Å². The predicted molar refractivity (Wildman–Crippen MR) is 89.2 cm³/mol. The highest BCUT2D eigenvalue weighted by Gasteiger charge is 2.26. The van der Waals surface area contributed by atoms with Gasteiger partial charge in [-0.15, -0.1) is 0 Å². The van der Waals surface area contributed by atoms with Crippen LogP contribution in [0.3, 0.4) is 0 Å². The molecular formula is C18H23F2N3O2. The van der Waals surface area contributed by atoms with Crippen LogP contribution in [0.5, 0.6) is 0 Å². The fourth-order valence-electron chi connectivity index (χ4n) is 3.49. The molecule has 1 aliphatic carbocycles. The molecule has 0 bridgehead atoms. The van der Waals surface area contributed by atoms with E-state index in [-0.39, 0.29) is 17.6 Å². The van der Waals surface area contributed by atoms with Gasteiger partial charge in [0.15, 0.2) is 0 Å². The molecule has 25 heavy (non-hydrogen) atoms. The minimum absolute atomic E-state index is 0.0989. The lowest BCUT2D eigenvalue weighted by Crippen LogP contribution is -2.45. The number of rotatable bonds is 2. The highest BCUT2D eigenvalue weighted by molar-refractivity contribution is 5.94. The molecule has 0 spiro atoms. The fourth-order valence-corrected chi connectivity index (χ4v) is 3.49. The number of carbonyl (C=O) groups is 2. The van der Waals surface area contributed by atoms with Gasteiger partial charge in [-0.25, -0.2) is 13.6 Å². The van der Waals surface area contributed by atoms with Crippen molar-refractivity contribution in [2.45, 2.75) is 38.1 Å². The van der Waals surface area contributed by atoms with Crippen molar-refractivity contribution in [3.05, 3.63) is 35.4 Å². The van der Waals surface area contributed by atoms with Gasteiger partial charge >= 0.3 is 6.03 Å². The Morgan fingerprint density at radius 1 is 0.960 bits per heavy atom. The Labute approximate surface area is 146 Å². The van der Waals surface area contributed by atoms with Crippen LogP contribution in [-0.2, 0) is 0 Å². The second kappa shape index (κ2) is 7.80. The summed E-state index contributed by atoms with van der Waals surface area (Å²) in [7, 11) is 0. The lowest BCUT2D eigenvalue weighted by molar-refractivity contribution is 0.0757. The van der Waals surface area contributed by atoms with Crippen LogP contribution < -0.4 is 5.32 Å². The summed E-state index contributed by atoms with van der Waals surface area (Å²) in [6, 6.07) is 3.02. The highest BCUT2D eigenvalue weighted by atomic mass is 19.1. The van der Waals surface area contributed by atoms with Crippen LogP contribution in [0.4, 0.5) is 13.6 Å². The molecule has 0 aromatic heterocycles. The maximum absolute atomic E-state index is 13.8. The molecule has 1 aromatic rings. The molecule has 1 aromatic carbocycles. The number of hydrogen-bond donors (Lipinski definition) is 1. The van der Waals surface area contributed by atoms with Gasteiger partial charge in [-0.2, -0.15) is 0 Å². The van der Waals surface area contributed by atoms with Gasteiger partial charge in [0.25, 0.3) is 5.91 Å². The molecule has 1 N–H and O–H groups in total. The largest absolute Gasteiger partial charge is 0.337 e. The summed E-state index contributed by atoms with van der Waals surface area (Å²) in [4.78, 5) is 28.0. The Morgan fingerprint density at radius 2 is 1.64 bits per heavy atom. The van der Waals surface area contributed by atoms with Gasteiger partial charge in [0.05, 0.1) is 5.56 Å². The summed E-state index contributed by atoms with van der Waals surface area (Å²) in [5.74, 6) is -1.90. The van der Waals surface area contributed by atoms with Gasteiger partial charge in [0.2, 0.25) is 0 Å². The van der Waals surface area contributed by atoms with Gasteiger partial charge in [0, 0.05) is 32.2 Å². The van der Waals surface area contributed by atoms with Crippen molar-refractivity contribution >= 4 is 11.9 Å². The number of benzene rings is 1. The lowest BCUT2D eigenvalue weighted by Gasteiger charge is -2.24. The van der Waals surface area contributed by atoms with Crippen LogP contribution in [0, 0.1) is 11.6 Å². The second-order valence-electron chi connectivity index (χ2n) is 6.69. The first-order chi connectivity index (χ1) is 12.0. The van der Waals surface area contributed by atoms with Crippen molar-refractivity contribution in [2.75, 3.05) is 26.2 Å². The minimum Gasteiger partial charge on any atom is -0.337 e. The molecule has 3 rings (SSSR count). The van der Waals surface area contributed by atoms with Crippen LogP contribution in [-0.4, -0.2) is 54.0 Å². The van der Waals surface area contributed by atoms with E-state index in [1.807, 2.05) is 0 Å². The zero-order valence-electron chi connectivity index (χ0n) is 14.1. The topological polar surface area (TPSA) is 52.7 Å². The van der Waals surface area contributed by atoms with E-state index in [2.05, 4.69) is 5.32 Å². The average Bonchev–Trinajstić information content (AvgIpc) is 2.97. The second-order valence-corrected chi connectivity index (χ2v) is 6.69. The van der Waals surface area contributed by atoms with Gasteiger partial charge in [-0.3, -0.25) is 4.79 Å². The number of nitrogens with one attached hydrogen (secondary N) is 1. The van der Waals surface area contributed by atoms with Crippen LogP contribution in [0.15, 0.2) is 18.2 Å². The summed E-state index contributed by atoms with van der Waals surface area (Å²) in [5.41, 5.74) is -0.260. The Hall–Kier alpha value is -2.18. The summed E-state index contributed by atoms with van der Waals surface area (Å²) in [5, 5.41) is 3.04. The lowest BCUT2D eigenvalue weighted by atomic mass is 10.1. The Bertz CT molecular complexity index is 647. The predicted octanol–water partition coefficient (Wildman–Crippen LogP) is 2.76. The molecule has 1 saturated heterocycles. The number of urea groups is 1. The number of amides is 3. The summed E-state index contributed by atoms with van der Waals surface area (Å²) >= 11 is 0. The zero-order valence-corrected chi connectivity index (χ0v) is 14.1. The molecule has 0 radical (unpaired) electrons. The number of nitrogens with zero attached hydrogens (tertiary/aromatic N) is 2. The van der Waals surface area contributed by atoms with E-state index in [1.165, 1.54) is 4.90 Å². The van der Waals surface area contributed by atoms with Crippen molar-refractivity contribution in [2.24, 2.45) is 0 Å². The van der Waals surface area contributed by atoms with Crippen LogP contribution >= 0.6 is 0 Å². The Kier molecular flexibility index (Phi) is 5.50. The van der Waals surface area contributed by atoms with Crippen molar-refractivity contribution in [1.29, 1.82) is 0 Å². The molecule has 1 aliphatic heterocycles. The molecular weight excluding hydrogens is 328 g/mol. The number of halogens is 2. The van der Waals surface area contributed by atoms with E-state index >= 15 is 0 Å². The third-order valence-electron chi connectivity index (χ3n) is 4.91. The molecule has 3 amide bonds. The van der Waals surface area contributed by atoms with Crippen molar-refractivity contribution in [3.63, 3.8) is 0 Å². The molecule has 1 heterocycles. The average molecular weight is 351 g/mol. The molecule has 2 fully saturated rings. The zero-order chi connectivity index (χ0) is 17.8. The van der Waals surface area contributed by atoms with Crippen LogP contribution in [0.2, 0.25) is 0 Å². The Morgan fingerprint density at radius 3 is 2.40 bits per heavy atom. The van der Waals surface area contributed by atoms with E-state index < -0.39 is 17.5 Å². The first kappa shape index (κ1) is 17.6. The molecule has 0 unspecified atom stereocenters. The van der Waals surface area contributed by atoms with Crippen LogP contribution in [0.1, 0.15) is 42.5 Å².